The van der Waals surface area contributed by atoms with Crippen LogP contribution in [-0.4, -0.2) is 42.5 Å². The second-order valence-corrected chi connectivity index (χ2v) is 19.4. The van der Waals surface area contributed by atoms with Gasteiger partial charge in [-0.25, -0.2) is 0 Å². The van der Waals surface area contributed by atoms with Crippen molar-refractivity contribution in [2.75, 3.05) is 19.8 Å². The van der Waals surface area contributed by atoms with Gasteiger partial charge in [-0.15, -0.1) is 0 Å². The fourth-order valence-electron chi connectivity index (χ4n) is 7.64. The summed E-state index contributed by atoms with van der Waals surface area (Å²) < 4.78 is 12.8. The summed E-state index contributed by atoms with van der Waals surface area (Å²) in [6, 6.07) is 10.3. The zero-order valence-electron chi connectivity index (χ0n) is 31.2. The minimum atomic E-state index is -0.135. The molecule has 2 saturated heterocycles. The summed E-state index contributed by atoms with van der Waals surface area (Å²) in [4.78, 5) is 2.72. The molecule has 43 heavy (non-hydrogen) atoms. The molecular formula is C40H71NO2. The number of benzene rings is 1. The topological polar surface area (TPSA) is 21.7 Å². The van der Waals surface area contributed by atoms with Gasteiger partial charge in [0.15, 0.2) is 6.29 Å². The van der Waals surface area contributed by atoms with Crippen LogP contribution in [0.2, 0.25) is 0 Å². The van der Waals surface area contributed by atoms with Gasteiger partial charge < -0.3 is 9.47 Å². The van der Waals surface area contributed by atoms with E-state index in [0.29, 0.717) is 17.4 Å². The Morgan fingerprint density at radius 1 is 0.651 bits per heavy atom. The molecule has 1 aromatic rings. The fraction of sp³-hybridized carbons (Fsp3) is 0.850. The number of hydrogen-bond donors (Lipinski definition) is 0. The normalized spacial score (nSPS) is 26.8. The van der Waals surface area contributed by atoms with Crippen LogP contribution in [0.25, 0.3) is 0 Å². The first-order valence-corrected chi connectivity index (χ1v) is 17.6. The molecule has 0 radical (unpaired) electrons. The first-order valence-electron chi connectivity index (χ1n) is 17.6. The Labute approximate surface area is 268 Å². The summed E-state index contributed by atoms with van der Waals surface area (Å²) >= 11 is 0. The second kappa shape index (κ2) is 13.1. The van der Waals surface area contributed by atoms with E-state index >= 15 is 0 Å². The summed E-state index contributed by atoms with van der Waals surface area (Å²) in [6.07, 6.45) is 7.15. The Hall–Kier alpha value is -0.900. The summed E-state index contributed by atoms with van der Waals surface area (Å²) in [5.41, 5.74) is 3.90. The number of piperidine rings is 1. The van der Waals surface area contributed by atoms with Crippen molar-refractivity contribution in [2.24, 2.45) is 28.1 Å². The van der Waals surface area contributed by atoms with Crippen LogP contribution in [0.4, 0.5) is 0 Å². The van der Waals surface area contributed by atoms with Crippen LogP contribution in [0.5, 0.6) is 0 Å². The molecular weight excluding hydrogens is 526 g/mol. The lowest BCUT2D eigenvalue weighted by molar-refractivity contribution is -0.258. The number of likely N-dealkylation sites (tertiary alicyclic amines) is 1. The van der Waals surface area contributed by atoms with Gasteiger partial charge >= 0.3 is 0 Å². The van der Waals surface area contributed by atoms with Crippen molar-refractivity contribution in [1.29, 1.82) is 0 Å². The number of ether oxygens (including phenoxy) is 2. The van der Waals surface area contributed by atoms with Gasteiger partial charge in [0.2, 0.25) is 0 Å². The van der Waals surface area contributed by atoms with Gasteiger partial charge in [-0.2, -0.15) is 0 Å². The van der Waals surface area contributed by atoms with Crippen LogP contribution in [0, 0.1) is 28.1 Å². The molecule has 2 aliphatic rings. The highest BCUT2D eigenvalue weighted by molar-refractivity contribution is 5.32. The molecule has 0 bridgehead atoms. The highest BCUT2D eigenvalue weighted by atomic mass is 16.7. The van der Waals surface area contributed by atoms with Crippen molar-refractivity contribution in [3.63, 3.8) is 0 Å². The third-order valence-electron chi connectivity index (χ3n) is 11.7. The Kier molecular flexibility index (Phi) is 11.1. The average Bonchev–Trinajstić information content (AvgIpc) is 2.89. The Morgan fingerprint density at radius 2 is 1.14 bits per heavy atom. The maximum atomic E-state index is 6.42. The quantitative estimate of drug-likeness (QED) is 0.283. The molecule has 0 saturated carbocycles. The molecule has 2 heterocycles. The van der Waals surface area contributed by atoms with E-state index in [2.05, 4.69) is 133 Å². The smallest absolute Gasteiger partial charge is 0.162 e. The van der Waals surface area contributed by atoms with Crippen molar-refractivity contribution >= 4 is 0 Å². The van der Waals surface area contributed by atoms with E-state index in [1.54, 1.807) is 0 Å². The third-order valence-corrected chi connectivity index (χ3v) is 11.7. The van der Waals surface area contributed by atoms with Crippen LogP contribution in [0.3, 0.4) is 0 Å². The van der Waals surface area contributed by atoms with Crippen LogP contribution < -0.4 is 0 Å². The summed E-state index contributed by atoms with van der Waals surface area (Å²) in [6.45, 7) is 38.6. The predicted octanol–water partition coefficient (Wildman–Crippen LogP) is 10.8. The maximum Gasteiger partial charge on any atom is 0.162 e. The van der Waals surface area contributed by atoms with E-state index < -0.39 is 0 Å². The molecule has 2 fully saturated rings. The first kappa shape index (κ1) is 36.6. The predicted molar refractivity (Wildman–Crippen MR) is 186 cm³/mol. The van der Waals surface area contributed by atoms with Gasteiger partial charge in [0.1, 0.15) is 0 Å². The lowest BCUT2D eigenvalue weighted by atomic mass is 9.64. The van der Waals surface area contributed by atoms with E-state index in [0.717, 1.165) is 32.0 Å². The van der Waals surface area contributed by atoms with Crippen molar-refractivity contribution in [2.45, 2.75) is 171 Å². The minimum absolute atomic E-state index is 0.0415. The lowest BCUT2D eigenvalue weighted by Crippen LogP contribution is -2.52. The van der Waals surface area contributed by atoms with Gasteiger partial charge in [0.25, 0.3) is 0 Å². The molecule has 3 atom stereocenters. The van der Waals surface area contributed by atoms with Crippen LogP contribution in [-0.2, 0) is 20.3 Å². The molecule has 3 heteroatoms. The summed E-state index contributed by atoms with van der Waals surface area (Å²) in [7, 11) is 0. The highest BCUT2D eigenvalue weighted by Gasteiger charge is 2.42. The molecule has 1 aromatic carbocycles. The van der Waals surface area contributed by atoms with E-state index in [9.17, 15) is 0 Å². The van der Waals surface area contributed by atoms with E-state index in [4.69, 9.17) is 9.47 Å². The van der Waals surface area contributed by atoms with Gasteiger partial charge in [-0.05, 0) is 111 Å². The zero-order valence-corrected chi connectivity index (χ0v) is 31.2. The van der Waals surface area contributed by atoms with Gasteiger partial charge in [0, 0.05) is 22.9 Å². The lowest BCUT2D eigenvalue weighted by Gasteiger charge is -2.50. The molecule has 0 aromatic heterocycles. The van der Waals surface area contributed by atoms with Crippen LogP contribution >= 0.6 is 0 Å². The van der Waals surface area contributed by atoms with Crippen molar-refractivity contribution < 1.29 is 9.47 Å². The number of hydrogen-bond acceptors (Lipinski definition) is 3. The molecule has 3 nitrogen and oxygen atoms in total. The Bertz CT molecular complexity index is 1010. The van der Waals surface area contributed by atoms with Crippen LogP contribution in [0.1, 0.15) is 154 Å². The van der Waals surface area contributed by atoms with Crippen LogP contribution in [0.15, 0.2) is 24.3 Å². The highest BCUT2D eigenvalue weighted by Crippen LogP contribution is 2.47. The molecule has 2 aliphatic heterocycles. The SMILES string of the molecule is C[C@H]1CC(C(C)(C)CCC(C)(CCC(C)(C)C2OCC(C(C)(C)C)CO2)c2ccc(C(C)(C)C)cc2)CCN1C(C)(C)C. The monoisotopic (exact) mass is 598 g/mol. The molecule has 0 amide bonds. The van der Waals surface area contributed by atoms with Gasteiger partial charge in [0.05, 0.1) is 13.2 Å². The average molecular weight is 598 g/mol. The van der Waals surface area contributed by atoms with Gasteiger partial charge in [-0.3, -0.25) is 4.90 Å². The number of nitrogens with zero attached hydrogens (tertiary/aromatic N) is 1. The largest absolute Gasteiger partial charge is 0.352 e. The Morgan fingerprint density at radius 3 is 1.58 bits per heavy atom. The standard InChI is InChI=1S/C40H71NO2/c1-29-26-32(20-25-41(29)37(8,9)10)38(11,12)21-23-40(15,31-18-16-30(17-19-31)35(2,3)4)24-22-39(13,14)34-42-27-33(28-43-34)36(5,6)7/h16-19,29,32-34H,20-28H2,1-15H3/t29-,32?,33?,34?,40?/m0/s1. The summed E-state index contributed by atoms with van der Waals surface area (Å²) in [5, 5.41) is 0. The fourth-order valence-corrected chi connectivity index (χ4v) is 7.64. The minimum Gasteiger partial charge on any atom is -0.352 e. The zero-order chi connectivity index (χ0) is 32.6. The van der Waals surface area contributed by atoms with Gasteiger partial charge in [-0.1, -0.05) is 100 Å². The maximum absolute atomic E-state index is 6.42. The molecule has 0 N–H and O–H groups in total. The van der Waals surface area contributed by atoms with E-state index in [-0.39, 0.29) is 33.5 Å². The van der Waals surface area contributed by atoms with E-state index in [1.165, 1.54) is 43.4 Å². The molecule has 3 rings (SSSR count). The third kappa shape index (κ3) is 9.32. The second-order valence-electron chi connectivity index (χ2n) is 19.4. The molecule has 0 aliphatic carbocycles. The molecule has 2 unspecified atom stereocenters. The van der Waals surface area contributed by atoms with Crippen molar-refractivity contribution in [1.82, 2.24) is 4.90 Å². The first-order chi connectivity index (χ1) is 19.5. The molecule has 248 valence electrons. The summed E-state index contributed by atoms with van der Waals surface area (Å²) in [5.74, 6) is 1.22. The molecule has 0 spiro atoms. The number of rotatable bonds is 9. The van der Waals surface area contributed by atoms with Crippen molar-refractivity contribution in [3.8, 4) is 0 Å². The van der Waals surface area contributed by atoms with E-state index in [1.807, 2.05) is 0 Å². The van der Waals surface area contributed by atoms with Crippen molar-refractivity contribution in [3.05, 3.63) is 35.4 Å². The Balaban J connectivity index is 1.77.